The maximum atomic E-state index is 10.3. The zero-order chi connectivity index (χ0) is 9.97. The minimum atomic E-state index is -0.564. The molecule has 8 heteroatoms. The van der Waals surface area contributed by atoms with Gasteiger partial charge in [0.15, 0.2) is 0 Å². The van der Waals surface area contributed by atoms with Crippen LogP contribution in [-0.4, -0.2) is 29.7 Å². The Kier molecular flexibility index (Phi) is 1.86. The number of hydrogen-bond acceptors (Lipinski definition) is 6. The standard InChI is InChI=1S/C6H4N6O2/c13-12(14)5-1-8-6(9-2-5)11-4-7-3-10-11/h1-4H. The fourth-order valence-electron chi connectivity index (χ4n) is 0.838. The summed E-state index contributed by atoms with van der Waals surface area (Å²) in [6, 6.07) is 0. The van der Waals surface area contributed by atoms with Crippen LogP contribution in [0.4, 0.5) is 5.69 Å². The Morgan fingerprint density at radius 2 is 2.07 bits per heavy atom. The molecule has 2 aromatic heterocycles. The second-order valence-electron chi connectivity index (χ2n) is 2.34. The Labute approximate surface area is 77.4 Å². The zero-order valence-electron chi connectivity index (χ0n) is 6.81. The van der Waals surface area contributed by atoms with Crippen LogP contribution in [-0.2, 0) is 0 Å². The predicted molar refractivity (Wildman–Crippen MR) is 43.6 cm³/mol. The SMILES string of the molecule is O=[N+]([O-])c1cnc(-n2cncn2)nc1. The lowest BCUT2D eigenvalue weighted by Crippen LogP contribution is -2.01. The summed E-state index contributed by atoms with van der Waals surface area (Å²) in [4.78, 5) is 20.9. The first-order valence-electron chi connectivity index (χ1n) is 3.59. The number of aromatic nitrogens is 5. The average molecular weight is 192 g/mol. The molecule has 8 nitrogen and oxygen atoms in total. The first kappa shape index (κ1) is 8.23. The third kappa shape index (κ3) is 1.40. The van der Waals surface area contributed by atoms with Crippen molar-refractivity contribution >= 4 is 5.69 Å². The molecule has 2 aromatic rings. The van der Waals surface area contributed by atoms with E-state index in [2.05, 4.69) is 20.1 Å². The maximum absolute atomic E-state index is 10.3. The van der Waals surface area contributed by atoms with Gasteiger partial charge in [0.2, 0.25) is 0 Å². The molecule has 0 bridgehead atoms. The Morgan fingerprint density at radius 1 is 1.36 bits per heavy atom. The van der Waals surface area contributed by atoms with Crippen LogP contribution in [0.1, 0.15) is 0 Å². The highest BCUT2D eigenvalue weighted by Crippen LogP contribution is 2.06. The van der Waals surface area contributed by atoms with Crippen LogP contribution in [0, 0.1) is 10.1 Å². The zero-order valence-corrected chi connectivity index (χ0v) is 6.81. The smallest absolute Gasteiger partial charge is 0.258 e. The summed E-state index contributed by atoms with van der Waals surface area (Å²) in [5.74, 6) is 0.244. The molecule has 0 spiro atoms. The van der Waals surface area contributed by atoms with Crippen LogP contribution in [0.25, 0.3) is 5.95 Å². The minimum Gasteiger partial charge on any atom is -0.258 e. The van der Waals surface area contributed by atoms with Crippen LogP contribution in [0.15, 0.2) is 25.0 Å². The highest BCUT2D eigenvalue weighted by Gasteiger charge is 2.07. The molecule has 0 unspecified atom stereocenters. The summed E-state index contributed by atoms with van der Waals surface area (Å²) in [6.45, 7) is 0. The summed E-state index contributed by atoms with van der Waals surface area (Å²) in [6.07, 6.45) is 4.96. The Hall–Kier alpha value is -2.38. The second-order valence-corrected chi connectivity index (χ2v) is 2.34. The Balaban J connectivity index is 2.36. The quantitative estimate of drug-likeness (QED) is 0.489. The largest absolute Gasteiger partial charge is 0.305 e. The molecule has 0 aliphatic carbocycles. The van der Waals surface area contributed by atoms with E-state index >= 15 is 0 Å². The normalized spacial score (nSPS) is 10.0. The molecule has 2 rings (SSSR count). The number of nitrogens with zero attached hydrogens (tertiary/aromatic N) is 6. The van der Waals surface area contributed by atoms with Crippen molar-refractivity contribution < 1.29 is 4.92 Å². The van der Waals surface area contributed by atoms with Gasteiger partial charge in [-0.25, -0.2) is 15.0 Å². The molecule has 0 fully saturated rings. The van der Waals surface area contributed by atoms with Gasteiger partial charge in [-0.3, -0.25) is 10.1 Å². The van der Waals surface area contributed by atoms with Crippen molar-refractivity contribution in [1.82, 2.24) is 24.7 Å². The van der Waals surface area contributed by atoms with Crippen LogP contribution < -0.4 is 0 Å². The second kappa shape index (κ2) is 3.17. The van der Waals surface area contributed by atoms with Gasteiger partial charge in [-0.15, -0.1) is 0 Å². The van der Waals surface area contributed by atoms with E-state index in [1.807, 2.05) is 0 Å². The van der Waals surface area contributed by atoms with E-state index < -0.39 is 4.92 Å². The van der Waals surface area contributed by atoms with E-state index in [4.69, 9.17) is 0 Å². The molecule has 0 radical (unpaired) electrons. The topological polar surface area (TPSA) is 99.6 Å². The van der Waals surface area contributed by atoms with Crippen LogP contribution in [0.3, 0.4) is 0 Å². The Morgan fingerprint density at radius 3 is 2.57 bits per heavy atom. The summed E-state index contributed by atoms with van der Waals surface area (Å²) in [7, 11) is 0. The van der Waals surface area contributed by atoms with Crippen molar-refractivity contribution in [2.24, 2.45) is 0 Å². The monoisotopic (exact) mass is 192 g/mol. The maximum Gasteiger partial charge on any atom is 0.305 e. The van der Waals surface area contributed by atoms with E-state index in [9.17, 15) is 10.1 Å². The van der Waals surface area contributed by atoms with Gasteiger partial charge in [0, 0.05) is 0 Å². The summed E-state index contributed by atoms with van der Waals surface area (Å²) in [5.41, 5.74) is -0.158. The van der Waals surface area contributed by atoms with Crippen LogP contribution in [0.5, 0.6) is 0 Å². The third-order valence-corrected chi connectivity index (χ3v) is 1.46. The van der Waals surface area contributed by atoms with E-state index in [1.54, 1.807) is 0 Å². The van der Waals surface area contributed by atoms with Crippen molar-refractivity contribution in [3.05, 3.63) is 35.2 Å². The lowest BCUT2D eigenvalue weighted by Gasteiger charge is -1.95. The van der Waals surface area contributed by atoms with Gasteiger partial charge in [0.05, 0.1) is 4.92 Å². The van der Waals surface area contributed by atoms with Crippen LogP contribution >= 0.6 is 0 Å². The molecule has 0 amide bonds. The van der Waals surface area contributed by atoms with Gasteiger partial charge in [0.1, 0.15) is 25.0 Å². The first-order valence-corrected chi connectivity index (χ1v) is 3.59. The molecule has 70 valence electrons. The lowest BCUT2D eigenvalue weighted by atomic mass is 10.6. The molecule has 0 aliphatic heterocycles. The van der Waals surface area contributed by atoms with Gasteiger partial charge in [-0.2, -0.15) is 9.78 Å². The average Bonchev–Trinajstić information content (AvgIpc) is 2.71. The molecular weight excluding hydrogens is 188 g/mol. The number of hydrogen-bond donors (Lipinski definition) is 0. The lowest BCUT2D eigenvalue weighted by molar-refractivity contribution is -0.385. The molecule has 0 atom stereocenters. The van der Waals surface area contributed by atoms with Gasteiger partial charge < -0.3 is 0 Å². The molecule has 0 aliphatic rings. The fourth-order valence-corrected chi connectivity index (χ4v) is 0.838. The van der Waals surface area contributed by atoms with Crippen molar-refractivity contribution in [3.8, 4) is 5.95 Å². The van der Waals surface area contributed by atoms with Crippen molar-refractivity contribution in [1.29, 1.82) is 0 Å². The van der Waals surface area contributed by atoms with E-state index in [-0.39, 0.29) is 11.6 Å². The van der Waals surface area contributed by atoms with Gasteiger partial charge in [0.25, 0.3) is 5.95 Å². The van der Waals surface area contributed by atoms with Gasteiger partial charge in [-0.1, -0.05) is 0 Å². The molecular formula is C6H4N6O2. The van der Waals surface area contributed by atoms with Crippen LogP contribution in [0.2, 0.25) is 0 Å². The summed E-state index contributed by atoms with van der Waals surface area (Å²) in [5, 5.41) is 14.1. The van der Waals surface area contributed by atoms with E-state index in [0.29, 0.717) is 0 Å². The van der Waals surface area contributed by atoms with Crippen molar-refractivity contribution in [2.75, 3.05) is 0 Å². The highest BCUT2D eigenvalue weighted by atomic mass is 16.6. The fraction of sp³-hybridized carbons (Fsp3) is 0. The van der Waals surface area contributed by atoms with E-state index in [0.717, 1.165) is 12.4 Å². The first-order chi connectivity index (χ1) is 6.77. The van der Waals surface area contributed by atoms with Gasteiger partial charge >= 0.3 is 5.69 Å². The Bertz CT molecular complexity index is 436. The molecule has 0 N–H and O–H groups in total. The highest BCUT2D eigenvalue weighted by molar-refractivity contribution is 5.23. The van der Waals surface area contributed by atoms with Crippen molar-refractivity contribution in [3.63, 3.8) is 0 Å². The van der Waals surface area contributed by atoms with E-state index in [1.165, 1.54) is 17.3 Å². The summed E-state index contributed by atoms with van der Waals surface area (Å²) < 4.78 is 1.31. The number of rotatable bonds is 2. The van der Waals surface area contributed by atoms with Crippen molar-refractivity contribution in [2.45, 2.75) is 0 Å². The summed E-state index contributed by atoms with van der Waals surface area (Å²) >= 11 is 0. The minimum absolute atomic E-state index is 0.158. The number of nitro groups is 1. The molecule has 0 saturated heterocycles. The molecule has 0 aromatic carbocycles. The van der Waals surface area contributed by atoms with Gasteiger partial charge in [-0.05, 0) is 0 Å². The molecule has 14 heavy (non-hydrogen) atoms. The predicted octanol–water partition coefficient (Wildman–Crippen LogP) is -0.0345. The molecule has 2 heterocycles. The third-order valence-electron chi connectivity index (χ3n) is 1.46. The molecule has 0 saturated carbocycles.